The average Bonchev–Trinajstić information content (AvgIpc) is 2.73. The molecule has 0 heterocycles. The van der Waals surface area contributed by atoms with Crippen molar-refractivity contribution in [3.63, 3.8) is 0 Å². The molecule has 1 amide bonds. The highest BCUT2D eigenvalue weighted by Gasteiger charge is 2.13. The van der Waals surface area contributed by atoms with E-state index in [1.807, 2.05) is 60.7 Å². The number of amides is 1. The first-order chi connectivity index (χ1) is 14.8. The van der Waals surface area contributed by atoms with Crippen LogP contribution in [-0.2, 0) is 23.2 Å². The molecule has 0 saturated carbocycles. The Kier molecular flexibility index (Phi) is 7.48. The summed E-state index contributed by atoms with van der Waals surface area (Å²) in [4.78, 5) is 12.2. The third-order valence-electron chi connectivity index (χ3n) is 4.76. The van der Waals surface area contributed by atoms with E-state index in [0.29, 0.717) is 11.6 Å². The van der Waals surface area contributed by atoms with E-state index in [4.69, 9.17) is 16.3 Å². The molecule has 4 nitrogen and oxygen atoms in total. The van der Waals surface area contributed by atoms with E-state index in [1.54, 1.807) is 6.21 Å². The van der Waals surface area contributed by atoms with Crippen molar-refractivity contribution < 1.29 is 9.53 Å². The van der Waals surface area contributed by atoms with Crippen LogP contribution in [0.5, 0.6) is 5.75 Å². The van der Waals surface area contributed by atoms with Crippen molar-refractivity contribution in [1.29, 1.82) is 0 Å². The minimum atomic E-state index is -0.157. The molecule has 0 aromatic heterocycles. The first-order valence-electron chi connectivity index (χ1n) is 10.2. The first-order valence-corrected chi connectivity index (χ1v) is 10.6. The fourth-order valence-corrected chi connectivity index (χ4v) is 3.08. The number of hydrogen-bond acceptors (Lipinski definition) is 3. The first kappa shape index (κ1) is 22.6. The molecule has 0 saturated heterocycles. The van der Waals surface area contributed by atoms with Crippen LogP contribution >= 0.6 is 11.6 Å². The largest absolute Gasteiger partial charge is 0.489 e. The van der Waals surface area contributed by atoms with Crippen LogP contribution < -0.4 is 10.2 Å². The summed E-state index contributed by atoms with van der Waals surface area (Å²) in [6.07, 6.45) is 1.89. The molecule has 3 aromatic rings. The van der Waals surface area contributed by atoms with Crippen molar-refractivity contribution in [3.8, 4) is 5.75 Å². The molecule has 31 heavy (non-hydrogen) atoms. The average molecular weight is 435 g/mol. The van der Waals surface area contributed by atoms with Gasteiger partial charge >= 0.3 is 0 Å². The molecule has 0 spiro atoms. The lowest BCUT2D eigenvalue weighted by molar-refractivity contribution is -0.120. The second-order valence-electron chi connectivity index (χ2n) is 8.40. The Balaban J connectivity index is 1.50. The van der Waals surface area contributed by atoms with Crippen molar-refractivity contribution in [2.45, 2.75) is 39.2 Å². The van der Waals surface area contributed by atoms with E-state index >= 15 is 0 Å². The Morgan fingerprint density at radius 3 is 2.35 bits per heavy atom. The Morgan fingerprint density at radius 2 is 1.68 bits per heavy atom. The standard InChI is InChI=1S/C26H27ClN2O2/c1-26(2,3)22-11-7-19(8-12-22)16-25(30)29-28-17-21-5-4-6-24(15-21)31-18-20-9-13-23(27)14-10-20/h4-15,17H,16,18H2,1-3H3,(H,29,30)/b28-17-. The number of rotatable bonds is 7. The lowest BCUT2D eigenvalue weighted by Gasteiger charge is -2.19. The summed E-state index contributed by atoms with van der Waals surface area (Å²) in [6, 6.07) is 23.2. The van der Waals surface area contributed by atoms with Gasteiger partial charge in [0, 0.05) is 5.02 Å². The fourth-order valence-electron chi connectivity index (χ4n) is 2.96. The van der Waals surface area contributed by atoms with Crippen molar-refractivity contribution >= 4 is 23.7 Å². The quantitative estimate of drug-likeness (QED) is 0.371. The van der Waals surface area contributed by atoms with Gasteiger partial charge in [0.25, 0.3) is 0 Å². The topological polar surface area (TPSA) is 50.7 Å². The molecule has 3 aromatic carbocycles. The van der Waals surface area contributed by atoms with Crippen molar-refractivity contribution in [2.24, 2.45) is 5.10 Å². The Morgan fingerprint density at radius 1 is 1.00 bits per heavy atom. The molecular weight excluding hydrogens is 408 g/mol. The van der Waals surface area contributed by atoms with Crippen LogP contribution in [0.15, 0.2) is 77.9 Å². The molecule has 0 aliphatic heterocycles. The smallest absolute Gasteiger partial charge is 0.244 e. The van der Waals surface area contributed by atoms with Crippen molar-refractivity contribution in [2.75, 3.05) is 0 Å². The molecule has 0 fully saturated rings. The second kappa shape index (κ2) is 10.3. The summed E-state index contributed by atoms with van der Waals surface area (Å²) in [5.74, 6) is 0.569. The SMILES string of the molecule is CC(C)(C)c1ccc(CC(=O)N/N=C\c2cccc(OCc3ccc(Cl)cc3)c2)cc1. The van der Waals surface area contributed by atoms with Crippen molar-refractivity contribution in [1.82, 2.24) is 5.43 Å². The van der Waals surface area contributed by atoms with E-state index in [1.165, 1.54) is 5.56 Å². The predicted octanol–water partition coefficient (Wildman–Crippen LogP) is 5.91. The highest BCUT2D eigenvalue weighted by Crippen LogP contribution is 2.22. The maximum Gasteiger partial charge on any atom is 0.244 e. The van der Waals surface area contributed by atoms with E-state index in [0.717, 1.165) is 22.4 Å². The van der Waals surface area contributed by atoms with E-state index in [-0.39, 0.29) is 17.7 Å². The lowest BCUT2D eigenvalue weighted by Crippen LogP contribution is -2.20. The van der Waals surface area contributed by atoms with E-state index < -0.39 is 0 Å². The van der Waals surface area contributed by atoms with Crippen LogP contribution in [0.25, 0.3) is 0 Å². The van der Waals surface area contributed by atoms with Crippen LogP contribution in [0.2, 0.25) is 5.02 Å². The molecule has 0 aliphatic carbocycles. The number of carbonyl (C=O) groups is 1. The number of ether oxygens (including phenoxy) is 1. The zero-order valence-corrected chi connectivity index (χ0v) is 18.8. The number of nitrogens with one attached hydrogen (secondary N) is 1. The number of hydrazone groups is 1. The number of halogens is 1. The lowest BCUT2D eigenvalue weighted by atomic mass is 9.86. The van der Waals surface area contributed by atoms with E-state index in [2.05, 4.69) is 43.4 Å². The molecular formula is C26H27ClN2O2. The maximum atomic E-state index is 12.2. The molecule has 0 unspecified atom stereocenters. The predicted molar refractivity (Wildman–Crippen MR) is 127 cm³/mol. The van der Waals surface area contributed by atoms with Crippen LogP contribution in [0.4, 0.5) is 0 Å². The van der Waals surface area contributed by atoms with Crippen molar-refractivity contribution in [3.05, 3.63) is 100 Å². The van der Waals surface area contributed by atoms with Gasteiger partial charge in [0.2, 0.25) is 5.91 Å². The minimum absolute atomic E-state index is 0.0954. The van der Waals surface area contributed by atoms with Crippen LogP contribution in [-0.4, -0.2) is 12.1 Å². The molecule has 160 valence electrons. The van der Waals surface area contributed by atoms with Gasteiger partial charge in [0.1, 0.15) is 12.4 Å². The molecule has 0 atom stereocenters. The second-order valence-corrected chi connectivity index (χ2v) is 8.84. The van der Waals surface area contributed by atoms with Crippen LogP contribution in [0.1, 0.15) is 43.0 Å². The summed E-state index contributed by atoms with van der Waals surface area (Å²) in [5.41, 5.74) is 6.75. The highest BCUT2D eigenvalue weighted by atomic mass is 35.5. The Hall–Kier alpha value is -3.11. The van der Waals surface area contributed by atoms with Gasteiger partial charge in [-0.1, -0.05) is 80.9 Å². The third kappa shape index (κ3) is 7.26. The van der Waals surface area contributed by atoms with Gasteiger partial charge in [-0.3, -0.25) is 4.79 Å². The van der Waals surface area contributed by atoms with E-state index in [9.17, 15) is 4.79 Å². The summed E-state index contributed by atoms with van der Waals surface area (Å²) in [7, 11) is 0. The van der Waals surface area contributed by atoms with Gasteiger partial charge in [-0.2, -0.15) is 5.10 Å². The maximum absolute atomic E-state index is 12.2. The van der Waals surface area contributed by atoms with Gasteiger partial charge in [-0.05, 0) is 51.9 Å². The molecule has 3 rings (SSSR count). The number of benzene rings is 3. The summed E-state index contributed by atoms with van der Waals surface area (Å²) in [6.45, 7) is 6.95. The molecule has 0 radical (unpaired) electrons. The molecule has 0 aliphatic rings. The zero-order valence-electron chi connectivity index (χ0n) is 18.1. The summed E-state index contributed by atoms with van der Waals surface area (Å²) in [5, 5.41) is 4.77. The Labute approximate surface area is 188 Å². The highest BCUT2D eigenvalue weighted by molar-refractivity contribution is 6.30. The molecule has 5 heteroatoms. The molecule has 0 bridgehead atoms. The number of hydrogen-bond donors (Lipinski definition) is 1. The third-order valence-corrected chi connectivity index (χ3v) is 5.02. The minimum Gasteiger partial charge on any atom is -0.489 e. The Bertz CT molecular complexity index is 1040. The fraction of sp³-hybridized carbons (Fsp3) is 0.231. The zero-order chi connectivity index (χ0) is 22.3. The van der Waals surface area contributed by atoms with Gasteiger partial charge in [-0.25, -0.2) is 5.43 Å². The molecule has 1 N–H and O–H groups in total. The summed E-state index contributed by atoms with van der Waals surface area (Å²) < 4.78 is 5.82. The van der Waals surface area contributed by atoms with Gasteiger partial charge in [0.15, 0.2) is 0 Å². The van der Waals surface area contributed by atoms with Gasteiger partial charge in [-0.15, -0.1) is 0 Å². The van der Waals surface area contributed by atoms with Crippen LogP contribution in [0, 0.1) is 0 Å². The van der Waals surface area contributed by atoms with Gasteiger partial charge < -0.3 is 4.74 Å². The summed E-state index contributed by atoms with van der Waals surface area (Å²) >= 11 is 5.90. The van der Waals surface area contributed by atoms with Gasteiger partial charge in [0.05, 0.1) is 12.6 Å². The number of nitrogens with zero attached hydrogens (tertiary/aromatic N) is 1. The number of carbonyl (C=O) groups excluding carboxylic acids is 1. The van der Waals surface area contributed by atoms with Crippen LogP contribution in [0.3, 0.4) is 0 Å². The normalized spacial score (nSPS) is 11.5. The monoisotopic (exact) mass is 434 g/mol.